The largest absolute Gasteiger partial charge is 0.453 e. The zero-order valence-corrected chi connectivity index (χ0v) is 30.4. The number of ether oxygens (including phenoxy) is 1. The number of hydrogen-bond donors (Lipinski definition) is 4. The molecule has 11 heteroatoms. The summed E-state index contributed by atoms with van der Waals surface area (Å²) in [5.74, 6) is 8.48. The van der Waals surface area contributed by atoms with Crippen molar-refractivity contribution in [3.05, 3.63) is 71.4 Å². The summed E-state index contributed by atoms with van der Waals surface area (Å²) in [5.41, 5.74) is 5.45. The minimum atomic E-state index is -0.682. The number of benzene rings is 2. The Morgan fingerprint density at radius 2 is 1.65 bits per heavy atom. The molecule has 2 aliphatic rings. The van der Waals surface area contributed by atoms with Crippen molar-refractivity contribution in [1.29, 1.82) is 0 Å². The molecule has 1 aliphatic carbocycles. The Bertz CT molecular complexity index is 1930. The van der Waals surface area contributed by atoms with E-state index in [0.717, 1.165) is 83.7 Å². The van der Waals surface area contributed by atoms with Crippen LogP contribution in [0.1, 0.15) is 101 Å². The zero-order valence-electron chi connectivity index (χ0n) is 30.4. The van der Waals surface area contributed by atoms with Crippen LogP contribution >= 0.6 is 0 Å². The Morgan fingerprint density at radius 1 is 0.902 bits per heavy atom. The zero-order chi connectivity index (χ0) is 36.2. The van der Waals surface area contributed by atoms with E-state index in [-0.39, 0.29) is 41.7 Å². The monoisotopic (exact) mass is 691 g/mol. The molecule has 2 aromatic carbocycles. The molecule has 268 valence electrons. The van der Waals surface area contributed by atoms with Crippen molar-refractivity contribution >= 4 is 28.9 Å². The fourth-order valence-corrected chi connectivity index (χ4v) is 7.13. The van der Waals surface area contributed by atoms with Crippen LogP contribution in [0, 0.1) is 29.6 Å². The van der Waals surface area contributed by atoms with Gasteiger partial charge >= 0.3 is 6.09 Å². The molecule has 11 nitrogen and oxygen atoms in total. The van der Waals surface area contributed by atoms with E-state index in [0.29, 0.717) is 5.92 Å². The molecule has 2 fully saturated rings. The second kappa shape index (κ2) is 15.4. The van der Waals surface area contributed by atoms with Crippen molar-refractivity contribution in [2.24, 2.45) is 17.8 Å². The highest BCUT2D eigenvalue weighted by atomic mass is 16.5. The summed E-state index contributed by atoms with van der Waals surface area (Å²) in [5, 5.41) is 5.80. The summed E-state index contributed by atoms with van der Waals surface area (Å²) in [4.78, 5) is 56.6. The average molecular weight is 692 g/mol. The highest BCUT2D eigenvalue weighted by Crippen LogP contribution is 2.35. The van der Waals surface area contributed by atoms with Gasteiger partial charge in [0.25, 0.3) is 0 Å². The van der Waals surface area contributed by atoms with Crippen LogP contribution in [0.25, 0.3) is 22.3 Å². The van der Waals surface area contributed by atoms with E-state index in [4.69, 9.17) is 14.7 Å². The number of alkyl carbamates (subject to hydrolysis) is 1. The molecule has 3 amide bonds. The molecule has 0 radical (unpaired) electrons. The van der Waals surface area contributed by atoms with Gasteiger partial charge in [-0.15, -0.1) is 0 Å². The van der Waals surface area contributed by atoms with Gasteiger partial charge in [0, 0.05) is 35.5 Å². The van der Waals surface area contributed by atoms with Crippen LogP contribution in [0.5, 0.6) is 0 Å². The van der Waals surface area contributed by atoms with E-state index in [2.05, 4.69) is 46.3 Å². The number of fused-ring (bicyclic) bond motifs is 1. The Balaban J connectivity index is 1.10. The molecule has 3 heterocycles. The lowest BCUT2D eigenvalue weighted by Gasteiger charge is -2.27. The summed E-state index contributed by atoms with van der Waals surface area (Å²) < 4.78 is 4.71. The second-order valence-corrected chi connectivity index (χ2v) is 14.6. The number of likely N-dealkylation sites (tertiary alicyclic amines) is 1. The predicted octanol–water partition coefficient (Wildman–Crippen LogP) is 6.44. The lowest BCUT2D eigenvalue weighted by molar-refractivity contribution is -0.137. The van der Waals surface area contributed by atoms with Gasteiger partial charge in [-0.05, 0) is 73.4 Å². The molecule has 4 N–H and O–H groups in total. The first-order valence-electron chi connectivity index (χ1n) is 18.1. The van der Waals surface area contributed by atoms with Crippen LogP contribution in [0.2, 0.25) is 0 Å². The highest BCUT2D eigenvalue weighted by molar-refractivity contribution is 5.86. The van der Waals surface area contributed by atoms with E-state index in [1.165, 1.54) is 7.11 Å². The number of H-pyrrole nitrogens is 2. The van der Waals surface area contributed by atoms with Gasteiger partial charge in [0.05, 0.1) is 36.1 Å². The Hall–Kier alpha value is -5.11. The van der Waals surface area contributed by atoms with Crippen LogP contribution in [-0.2, 0) is 14.3 Å². The molecule has 4 aromatic rings. The van der Waals surface area contributed by atoms with Crippen LogP contribution in [0.15, 0.2) is 48.7 Å². The molecule has 51 heavy (non-hydrogen) atoms. The normalized spacial score (nSPS) is 19.9. The number of carbonyl (C=O) groups is 3. The van der Waals surface area contributed by atoms with Crippen molar-refractivity contribution < 1.29 is 19.1 Å². The standard InChI is InChI=1S/C40H49N7O4/c1-23(2)25(5)39(49)47-20-8-11-34(47)37-42-31-19-16-27(21-32(31)43-37)13-12-26-14-17-28(18-15-26)33-22-41-36(44-33)29-9-7-10-30(29)45-38(48)35(24(3)4)46-40(50)51-6/h14-19,21-25,29-30,34-35H,7-11,20H2,1-6H3,(H,41,44)(H,42,43)(H,45,48)(H,46,50)/t25-,29-,30-,34-,35-/m0/s1. The molecule has 1 saturated carbocycles. The minimum absolute atomic E-state index is 0.0171. The van der Waals surface area contributed by atoms with Crippen LogP contribution in [0.3, 0.4) is 0 Å². The van der Waals surface area contributed by atoms with Gasteiger partial charge in [0.2, 0.25) is 11.8 Å². The quantitative estimate of drug-likeness (QED) is 0.149. The first kappa shape index (κ1) is 35.7. The number of nitrogens with one attached hydrogen (secondary N) is 4. The third kappa shape index (κ3) is 7.95. The number of carbonyl (C=O) groups excluding carboxylic acids is 3. The first-order chi connectivity index (χ1) is 24.5. The van der Waals surface area contributed by atoms with E-state index in [1.807, 2.05) is 74.3 Å². The lowest BCUT2D eigenvalue weighted by atomic mass is 9.96. The van der Waals surface area contributed by atoms with Crippen LogP contribution in [-0.4, -0.2) is 68.5 Å². The minimum Gasteiger partial charge on any atom is -0.453 e. The molecule has 0 unspecified atom stereocenters. The van der Waals surface area contributed by atoms with Crippen molar-refractivity contribution in [2.45, 2.75) is 90.8 Å². The van der Waals surface area contributed by atoms with Crippen molar-refractivity contribution in [3.63, 3.8) is 0 Å². The Labute approximate surface area is 299 Å². The highest BCUT2D eigenvalue weighted by Gasteiger charge is 2.36. The first-order valence-corrected chi connectivity index (χ1v) is 18.1. The van der Waals surface area contributed by atoms with E-state index >= 15 is 0 Å². The van der Waals surface area contributed by atoms with Gasteiger partial charge in [-0.3, -0.25) is 9.59 Å². The van der Waals surface area contributed by atoms with E-state index in [9.17, 15) is 14.4 Å². The summed E-state index contributed by atoms with van der Waals surface area (Å²) in [7, 11) is 1.29. The number of methoxy groups -OCH3 is 1. The molecule has 1 saturated heterocycles. The van der Waals surface area contributed by atoms with E-state index in [1.54, 1.807) is 0 Å². The Kier molecular flexibility index (Phi) is 10.8. The SMILES string of the molecule is COC(=O)N[C@H](C(=O)N[C@H]1CCC[C@@H]1c1ncc(-c2ccc(C#Cc3ccc4nc([C@@H]5CCCN5C(=O)[C@@H](C)C(C)C)[nH]c4c3)cc2)[nH]1)C(C)C. The maximum atomic E-state index is 13.2. The number of aromatic nitrogens is 4. The van der Waals surface area contributed by atoms with Gasteiger partial charge in [-0.25, -0.2) is 14.8 Å². The second-order valence-electron chi connectivity index (χ2n) is 14.6. The van der Waals surface area contributed by atoms with Crippen molar-refractivity contribution in [2.75, 3.05) is 13.7 Å². The fourth-order valence-electron chi connectivity index (χ4n) is 7.13. The average Bonchev–Trinajstić information content (AvgIpc) is 3.95. The van der Waals surface area contributed by atoms with Crippen LogP contribution in [0.4, 0.5) is 4.79 Å². The van der Waals surface area contributed by atoms with Crippen molar-refractivity contribution in [3.8, 4) is 23.1 Å². The number of amides is 3. The van der Waals surface area contributed by atoms with Gasteiger partial charge in [-0.1, -0.05) is 65.0 Å². The maximum absolute atomic E-state index is 13.2. The molecule has 1 aliphatic heterocycles. The van der Waals surface area contributed by atoms with Gasteiger partial charge in [-0.2, -0.15) is 0 Å². The number of aromatic amines is 2. The number of nitrogens with zero attached hydrogens (tertiary/aromatic N) is 3. The smallest absolute Gasteiger partial charge is 0.407 e. The third-order valence-electron chi connectivity index (χ3n) is 10.5. The van der Waals surface area contributed by atoms with Gasteiger partial charge in [0.15, 0.2) is 0 Å². The number of rotatable bonds is 9. The molecular weight excluding hydrogens is 642 g/mol. The molecule has 0 bridgehead atoms. The Morgan fingerprint density at radius 3 is 2.37 bits per heavy atom. The summed E-state index contributed by atoms with van der Waals surface area (Å²) in [6.45, 7) is 10.8. The van der Waals surface area contributed by atoms with Crippen LogP contribution < -0.4 is 10.6 Å². The molecule has 5 atom stereocenters. The molecular formula is C40H49N7O4. The van der Waals surface area contributed by atoms with Crippen molar-refractivity contribution in [1.82, 2.24) is 35.5 Å². The molecule has 6 rings (SSSR count). The number of imidazole rings is 2. The van der Waals surface area contributed by atoms with Gasteiger partial charge < -0.3 is 30.2 Å². The summed E-state index contributed by atoms with van der Waals surface area (Å²) in [6.07, 6.45) is 5.83. The summed E-state index contributed by atoms with van der Waals surface area (Å²) in [6, 6.07) is 13.3. The summed E-state index contributed by atoms with van der Waals surface area (Å²) >= 11 is 0. The third-order valence-corrected chi connectivity index (χ3v) is 10.5. The lowest BCUT2D eigenvalue weighted by Crippen LogP contribution is -2.52. The van der Waals surface area contributed by atoms with E-state index < -0.39 is 12.1 Å². The topological polar surface area (TPSA) is 145 Å². The predicted molar refractivity (Wildman–Crippen MR) is 196 cm³/mol. The van der Waals surface area contributed by atoms with Gasteiger partial charge in [0.1, 0.15) is 17.7 Å². The number of hydrogen-bond acceptors (Lipinski definition) is 6. The maximum Gasteiger partial charge on any atom is 0.407 e. The fraction of sp³-hybridized carbons (Fsp3) is 0.475. The molecule has 0 spiro atoms. The molecule has 2 aromatic heterocycles.